The molecule has 0 aliphatic rings. The lowest BCUT2D eigenvalue weighted by Gasteiger charge is -2.21. The summed E-state index contributed by atoms with van der Waals surface area (Å²) in [7, 11) is 0. The molecule has 4 nitrogen and oxygen atoms in total. The van der Waals surface area contributed by atoms with E-state index in [4.69, 9.17) is 5.26 Å². The molecule has 0 radical (unpaired) electrons. The average Bonchev–Trinajstić information content (AvgIpc) is 1.96. The highest BCUT2D eigenvalue weighted by atomic mass is 16.2. The summed E-state index contributed by atoms with van der Waals surface area (Å²) in [5, 5.41) is 13.9. The predicted molar refractivity (Wildman–Crippen MR) is 51.1 cm³/mol. The number of nitrogens with one attached hydrogen (secondary N) is 2. The molecule has 74 valence electrons. The van der Waals surface area contributed by atoms with Crippen LogP contribution in [-0.2, 0) is 0 Å². The SMILES string of the molecule is CCC(C#N)NC(=O)NC(C)(C)C. The van der Waals surface area contributed by atoms with Crippen molar-refractivity contribution in [3.05, 3.63) is 0 Å². The van der Waals surface area contributed by atoms with E-state index < -0.39 is 6.04 Å². The first-order chi connectivity index (χ1) is 5.89. The number of rotatable bonds is 2. The first-order valence-corrected chi connectivity index (χ1v) is 4.37. The number of carbonyl (C=O) groups is 1. The number of nitrogens with zero attached hydrogens (tertiary/aromatic N) is 1. The van der Waals surface area contributed by atoms with Crippen LogP contribution < -0.4 is 10.6 Å². The topological polar surface area (TPSA) is 64.9 Å². The predicted octanol–water partition coefficient (Wildman–Crippen LogP) is 1.39. The van der Waals surface area contributed by atoms with Gasteiger partial charge in [0, 0.05) is 5.54 Å². The van der Waals surface area contributed by atoms with Crippen LogP contribution in [0.25, 0.3) is 0 Å². The molecule has 0 fully saturated rings. The zero-order valence-electron chi connectivity index (χ0n) is 8.64. The van der Waals surface area contributed by atoms with Crippen LogP contribution in [0.4, 0.5) is 4.79 Å². The molecule has 0 aromatic carbocycles. The molecular weight excluding hydrogens is 166 g/mol. The van der Waals surface area contributed by atoms with E-state index in [-0.39, 0.29) is 11.6 Å². The van der Waals surface area contributed by atoms with Gasteiger partial charge in [0.1, 0.15) is 6.04 Å². The van der Waals surface area contributed by atoms with Gasteiger partial charge in [0.2, 0.25) is 0 Å². The Kier molecular flexibility index (Phi) is 4.26. The highest BCUT2D eigenvalue weighted by Crippen LogP contribution is 1.98. The van der Waals surface area contributed by atoms with E-state index in [1.807, 2.05) is 33.8 Å². The summed E-state index contributed by atoms with van der Waals surface area (Å²) >= 11 is 0. The van der Waals surface area contributed by atoms with Gasteiger partial charge in [-0.15, -0.1) is 0 Å². The number of hydrogen-bond donors (Lipinski definition) is 2. The van der Waals surface area contributed by atoms with Gasteiger partial charge in [-0.1, -0.05) is 6.92 Å². The second kappa shape index (κ2) is 4.70. The maximum Gasteiger partial charge on any atom is 0.316 e. The normalized spacial score (nSPS) is 12.8. The van der Waals surface area contributed by atoms with Crippen molar-refractivity contribution in [2.45, 2.75) is 45.7 Å². The summed E-state index contributed by atoms with van der Waals surface area (Å²) in [6, 6.07) is 1.31. The van der Waals surface area contributed by atoms with Crippen LogP contribution in [0.3, 0.4) is 0 Å². The van der Waals surface area contributed by atoms with Crippen molar-refractivity contribution in [3.8, 4) is 6.07 Å². The molecule has 0 spiro atoms. The van der Waals surface area contributed by atoms with E-state index in [0.29, 0.717) is 6.42 Å². The molecule has 0 heterocycles. The third kappa shape index (κ3) is 5.97. The van der Waals surface area contributed by atoms with Gasteiger partial charge >= 0.3 is 6.03 Å². The lowest BCUT2D eigenvalue weighted by molar-refractivity contribution is 0.230. The fourth-order valence-corrected chi connectivity index (χ4v) is 0.761. The summed E-state index contributed by atoms with van der Waals surface area (Å²) < 4.78 is 0. The maximum atomic E-state index is 11.2. The Bertz CT molecular complexity index is 212. The lowest BCUT2D eigenvalue weighted by Crippen LogP contribution is -2.49. The Morgan fingerprint density at radius 2 is 2.08 bits per heavy atom. The molecule has 0 aliphatic carbocycles. The molecule has 13 heavy (non-hydrogen) atoms. The smallest absolute Gasteiger partial charge is 0.316 e. The highest BCUT2D eigenvalue weighted by Gasteiger charge is 2.15. The Balaban J connectivity index is 3.96. The second-order valence-electron chi connectivity index (χ2n) is 3.94. The van der Waals surface area contributed by atoms with Crippen LogP contribution in [0.2, 0.25) is 0 Å². The maximum absolute atomic E-state index is 11.2. The fraction of sp³-hybridized carbons (Fsp3) is 0.778. The van der Waals surface area contributed by atoms with Crippen molar-refractivity contribution in [1.29, 1.82) is 5.26 Å². The van der Waals surface area contributed by atoms with Gasteiger partial charge in [0.05, 0.1) is 6.07 Å². The summed E-state index contributed by atoms with van der Waals surface area (Å²) in [5.74, 6) is 0. The van der Waals surface area contributed by atoms with Crippen LogP contribution in [0.1, 0.15) is 34.1 Å². The summed E-state index contributed by atoms with van der Waals surface area (Å²) in [6.07, 6.45) is 0.619. The van der Waals surface area contributed by atoms with E-state index in [2.05, 4.69) is 10.6 Å². The van der Waals surface area contributed by atoms with E-state index in [9.17, 15) is 4.79 Å². The molecule has 2 amide bonds. The number of nitriles is 1. The molecule has 0 saturated heterocycles. The minimum absolute atomic E-state index is 0.266. The van der Waals surface area contributed by atoms with Crippen molar-refractivity contribution >= 4 is 6.03 Å². The molecule has 0 bridgehead atoms. The minimum Gasteiger partial charge on any atom is -0.334 e. The molecular formula is C9H17N3O. The van der Waals surface area contributed by atoms with Crippen molar-refractivity contribution < 1.29 is 4.79 Å². The number of urea groups is 1. The van der Waals surface area contributed by atoms with E-state index in [0.717, 1.165) is 0 Å². The third-order valence-corrected chi connectivity index (χ3v) is 1.36. The van der Waals surface area contributed by atoms with Crippen LogP contribution in [0.15, 0.2) is 0 Å². The van der Waals surface area contributed by atoms with Gasteiger partial charge in [0.25, 0.3) is 0 Å². The van der Waals surface area contributed by atoms with Gasteiger partial charge in [-0.05, 0) is 27.2 Å². The van der Waals surface area contributed by atoms with Crippen molar-refractivity contribution in [2.24, 2.45) is 0 Å². The molecule has 0 saturated carbocycles. The molecule has 1 unspecified atom stereocenters. The van der Waals surface area contributed by atoms with Gasteiger partial charge < -0.3 is 10.6 Å². The zero-order chi connectivity index (χ0) is 10.5. The van der Waals surface area contributed by atoms with E-state index in [1.165, 1.54) is 0 Å². The molecule has 0 rings (SSSR count). The first-order valence-electron chi connectivity index (χ1n) is 4.37. The largest absolute Gasteiger partial charge is 0.334 e. The van der Waals surface area contributed by atoms with Crippen LogP contribution in [0.5, 0.6) is 0 Å². The van der Waals surface area contributed by atoms with Crippen LogP contribution in [-0.4, -0.2) is 17.6 Å². The standard InChI is InChI=1S/C9H17N3O/c1-5-7(6-10)11-8(13)12-9(2,3)4/h7H,5H2,1-4H3,(H2,11,12,13). The van der Waals surface area contributed by atoms with Crippen molar-refractivity contribution in [1.82, 2.24) is 10.6 Å². The molecule has 1 atom stereocenters. The van der Waals surface area contributed by atoms with Gasteiger partial charge in [-0.25, -0.2) is 4.79 Å². The Morgan fingerprint density at radius 1 is 1.54 bits per heavy atom. The fourth-order valence-electron chi connectivity index (χ4n) is 0.761. The Labute approximate surface area is 79.3 Å². The highest BCUT2D eigenvalue weighted by molar-refractivity contribution is 5.75. The van der Waals surface area contributed by atoms with Gasteiger partial charge in [0.15, 0.2) is 0 Å². The van der Waals surface area contributed by atoms with Gasteiger partial charge in [-0.3, -0.25) is 0 Å². The Morgan fingerprint density at radius 3 is 2.38 bits per heavy atom. The molecule has 0 aliphatic heterocycles. The quantitative estimate of drug-likeness (QED) is 0.679. The third-order valence-electron chi connectivity index (χ3n) is 1.36. The lowest BCUT2D eigenvalue weighted by atomic mass is 10.1. The minimum atomic E-state index is -0.401. The first kappa shape index (κ1) is 11.8. The molecule has 4 heteroatoms. The van der Waals surface area contributed by atoms with Crippen molar-refractivity contribution in [3.63, 3.8) is 0 Å². The second-order valence-corrected chi connectivity index (χ2v) is 3.94. The summed E-state index contributed by atoms with van der Waals surface area (Å²) in [5.41, 5.74) is -0.266. The number of hydrogen-bond acceptors (Lipinski definition) is 2. The summed E-state index contributed by atoms with van der Waals surface area (Å²) in [4.78, 5) is 11.2. The summed E-state index contributed by atoms with van der Waals surface area (Å²) in [6.45, 7) is 7.52. The van der Waals surface area contributed by atoms with Crippen molar-refractivity contribution in [2.75, 3.05) is 0 Å². The number of carbonyl (C=O) groups excluding carboxylic acids is 1. The monoisotopic (exact) mass is 183 g/mol. The van der Waals surface area contributed by atoms with Crippen LogP contribution in [0, 0.1) is 11.3 Å². The number of amides is 2. The zero-order valence-corrected chi connectivity index (χ0v) is 8.64. The van der Waals surface area contributed by atoms with Crippen LogP contribution >= 0.6 is 0 Å². The molecule has 0 aromatic rings. The molecule has 2 N–H and O–H groups in total. The van der Waals surface area contributed by atoms with E-state index >= 15 is 0 Å². The Hall–Kier alpha value is -1.24. The van der Waals surface area contributed by atoms with E-state index in [1.54, 1.807) is 0 Å². The average molecular weight is 183 g/mol. The molecule has 0 aromatic heterocycles. The van der Waals surface area contributed by atoms with Gasteiger partial charge in [-0.2, -0.15) is 5.26 Å².